The number of aromatic nitrogens is 2. The average Bonchev–Trinajstić information content (AvgIpc) is 3.24. The molecule has 0 aliphatic heterocycles. The first-order valence-corrected chi connectivity index (χ1v) is 8.32. The topological polar surface area (TPSA) is 53.6 Å². The predicted molar refractivity (Wildman–Crippen MR) is 84.9 cm³/mol. The van der Waals surface area contributed by atoms with Gasteiger partial charge < -0.3 is 9.88 Å². The zero-order valence-corrected chi connectivity index (χ0v) is 13.1. The summed E-state index contributed by atoms with van der Waals surface area (Å²) in [5, 5.41) is 14.9. The van der Waals surface area contributed by atoms with Crippen LogP contribution < -0.4 is 5.32 Å². The number of imidazole rings is 1. The fraction of sp³-hybridized carbons (Fsp3) is 0.500. The highest BCUT2D eigenvalue weighted by Crippen LogP contribution is 2.37. The van der Waals surface area contributed by atoms with Crippen LogP contribution in [0.1, 0.15) is 25.7 Å². The zero-order chi connectivity index (χ0) is 14.7. The summed E-state index contributed by atoms with van der Waals surface area (Å²) in [6.07, 6.45) is 8.16. The second-order valence-electron chi connectivity index (χ2n) is 5.63. The molecule has 0 aromatic carbocycles. The lowest BCUT2D eigenvalue weighted by molar-refractivity contribution is 0.308. The summed E-state index contributed by atoms with van der Waals surface area (Å²) in [6.45, 7) is 0.920. The van der Waals surface area contributed by atoms with Gasteiger partial charge in [-0.2, -0.15) is 5.26 Å². The zero-order valence-electron chi connectivity index (χ0n) is 12.2. The van der Waals surface area contributed by atoms with Crippen LogP contribution in [0.5, 0.6) is 0 Å². The molecule has 1 N–H and O–H groups in total. The van der Waals surface area contributed by atoms with Crippen LogP contribution in [0, 0.1) is 17.2 Å². The highest BCUT2D eigenvalue weighted by Gasteiger charge is 2.41. The molecule has 0 radical (unpaired) electrons. The highest BCUT2D eigenvalue weighted by molar-refractivity contribution is 7.13. The minimum atomic E-state index is -0.330. The number of nitriles is 1. The van der Waals surface area contributed by atoms with Crippen LogP contribution in [-0.4, -0.2) is 22.1 Å². The Morgan fingerprint density at radius 3 is 3.24 bits per heavy atom. The molecule has 2 heterocycles. The van der Waals surface area contributed by atoms with Crippen LogP contribution in [0.15, 0.2) is 29.9 Å². The Hall–Kier alpha value is -1.64. The first-order valence-electron chi connectivity index (χ1n) is 7.44. The first-order chi connectivity index (χ1) is 10.3. The summed E-state index contributed by atoms with van der Waals surface area (Å²) in [4.78, 5) is 5.67. The predicted octanol–water partition coefficient (Wildman–Crippen LogP) is 3.28. The van der Waals surface area contributed by atoms with Crippen LogP contribution in [0.25, 0.3) is 10.7 Å². The van der Waals surface area contributed by atoms with E-state index in [1.807, 2.05) is 19.4 Å². The van der Waals surface area contributed by atoms with Crippen molar-refractivity contribution >= 4 is 11.3 Å². The second-order valence-corrected chi connectivity index (χ2v) is 6.58. The Balaban J connectivity index is 1.72. The third kappa shape index (κ3) is 2.61. The lowest BCUT2D eigenvalue weighted by Gasteiger charge is -2.28. The Bertz CT molecular complexity index is 625. The normalized spacial score (nSPS) is 25.0. The maximum absolute atomic E-state index is 9.52. The van der Waals surface area contributed by atoms with E-state index in [0.29, 0.717) is 5.92 Å². The Kier molecular flexibility index (Phi) is 4.09. The third-order valence-corrected chi connectivity index (χ3v) is 5.51. The molecule has 1 saturated carbocycles. The van der Waals surface area contributed by atoms with Crippen molar-refractivity contribution in [3.05, 3.63) is 29.9 Å². The van der Waals surface area contributed by atoms with Gasteiger partial charge >= 0.3 is 0 Å². The van der Waals surface area contributed by atoms with Crippen molar-refractivity contribution in [2.24, 2.45) is 5.92 Å². The van der Waals surface area contributed by atoms with Gasteiger partial charge in [-0.1, -0.05) is 12.5 Å². The van der Waals surface area contributed by atoms with Gasteiger partial charge in [0.05, 0.1) is 10.9 Å². The van der Waals surface area contributed by atoms with Gasteiger partial charge in [0, 0.05) is 18.9 Å². The Labute approximate surface area is 129 Å². The number of thiophene rings is 1. The monoisotopic (exact) mass is 300 g/mol. The quantitative estimate of drug-likeness (QED) is 0.922. The number of aryl methyl sites for hydroxylation is 1. The summed E-state index contributed by atoms with van der Waals surface area (Å²) >= 11 is 1.71. The number of rotatable bonds is 5. The minimum absolute atomic E-state index is 0.330. The standard InChI is InChI=1S/C16H20N4S/c1-18-16(12-17)7-2-4-13(16)6-9-20-10-8-19-15(20)14-5-3-11-21-14/h3,5,8,10-11,13,18H,2,4,6-7,9H2,1H3. The summed E-state index contributed by atoms with van der Waals surface area (Å²) in [5.41, 5.74) is -0.330. The molecule has 5 heteroatoms. The third-order valence-electron chi connectivity index (χ3n) is 4.64. The molecule has 1 fully saturated rings. The van der Waals surface area contributed by atoms with Crippen molar-refractivity contribution < 1.29 is 0 Å². The van der Waals surface area contributed by atoms with Crippen LogP contribution in [0.3, 0.4) is 0 Å². The van der Waals surface area contributed by atoms with E-state index in [1.165, 1.54) is 4.88 Å². The van der Waals surface area contributed by atoms with E-state index in [4.69, 9.17) is 0 Å². The molecular formula is C16H20N4S. The van der Waals surface area contributed by atoms with E-state index in [1.54, 1.807) is 11.3 Å². The van der Waals surface area contributed by atoms with E-state index in [2.05, 4.69) is 38.4 Å². The number of nitrogens with one attached hydrogen (secondary N) is 1. The van der Waals surface area contributed by atoms with Crippen LogP contribution >= 0.6 is 11.3 Å². The number of nitrogens with zero attached hydrogens (tertiary/aromatic N) is 3. The molecule has 0 bridgehead atoms. The molecule has 21 heavy (non-hydrogen) atoms. The summed E-state index contributed by atoms with van der Waals surface area (Å²) < 4.78 is 2.21. The summed E-state index contributed by atoms with van der Waals surface area (Å²) in [5.74, 6) is 1.46. The molecule has 0 amide bonds. The smallest absolute Gasteiger partial charge is 0.149 e. The van der Waals surface area contributed by atoms with E-state index in [9.17, 15) is 5.26 Å². The summed E-state index contributed by atoms with van der Waals surface area (Å²) in [6, 6.07) is 6.67. The van der Waals surface area contributed by atoms with Crippen molar-refractivity contribution in [1.29, 1.82) is 5.26 Å². The van der Waals surface area contributed by atoms with Gasteiger partial charge in [0.15, 0.2) is 0 Å². The van der Waals surface area contributed by atoms with Crippen molar-refractivity contribution in [2.45, 2.75) is 37.8 Å². The average molecular weight is 300 g/mol. The molecule has 4 nitrogen and oxygen atoms in total. The van der Waals surface area contributed by atoms with E-state index in [0.717, 1.165) is 38.1 Å². The van der Waals surface area contributed by atoms with E-state index >= 15 is 0 Å². The molecule has 3 rings (SSSR count). The van der Waals surface area contributed by atoms with Crippen molar-refractivity contribution in [3.8, 4) is 16.8 Å². The molecule has 0 spiro atoms. The fourth-order valence-electron chi connectivity index (χ4n) is 3.42. The van der Waals surface area contributed by atoms with Gasteiger partial charge in [0.2, 0.25) is 0 Å². The van der Waals surface area contributed by atoms with Crippen LogP contribution in [-0.2, 0) is 6.54 Å². The molecule has 1 aliphatic carbocycles. The molecule has 2 unspecified atom stereocenters. The SMILES string of the molecule is CNC1(C#N)CCCC1CCn1ccnc1-c1cccs1. The maximum atomic E-state index is 9.52. The Morgan fingerprint density at radius 2 is 2.52 bits per heavy atom. The van der Waals surface area contributed by atoms with E-state index < -0.39 is 0 Å². The molecular weight excluding hydrogens is 280 g/mol. The number of hydrogen-bond acceptors (Lipinski definition) is 4. The van der Waals surface area contributed by atoms with Gasteiger partial charge in [0.25, 0.3) is 0 Å². The largest absolute Gasteiger partial charge is 0.330 e. The van der Waals surface area contributed by atoms with Crippen molar-refractivity contribution in [1.82, 2.24) is 14.9 Å². The van der Waals surface area contributed by atoms with Crippen molar-refractivity contribution in [2.75, 3.05) is 7.05 Å². The van der Waals surface area contributed by atoms with Gasteiger partial charge in [-0.05, 0) is 43.7 Å². The molecule has 0 saturated heterocycles. The maximum Gasteiger partial charge on any atom is 0.149 e. The number of hydrogen-bond donors (Lipinski definition) is 1. The lowest BCUT2D eigenvalue weighted by Crippen LogP contribution is -2.45. The van der Waals surface area contributed by atoms with E-state index in [-0.39, 0.29) is 5.54 Å². The van der Waals surface area contributed by atoms with Crippen LogP contribution in [0.4, 0.5) is 0 Å². The first kappa shape index (κ1) is 14.3. The second kappa shape index (κ2) is 6.00. The van der Waals surface area contributed by atoms with Gasteiger partial charge in [-0.15, -0.1) is 11.3 Å². The van der Waals surface area contributed by atoms with Crippen LogP contribution in [0.2, 0.25) is 0 Å². The summed E-state index contributed by atoms with van der Waals surface area (Å²) in [7, 11) is 1.91. The fourth-order valence-corrected chi connectivity index (χ4v) is 4.15. The Morgan fingerprint density at radius 1 is 1.62 bits per heavy atom. The lowest BCUT2D eigenvalue weighted by atomic mass is 9.86. The molecule has 2 aromatic heterocycles. The highest BCUT2D eigenvalue weighted by atomic mass is 32.1. The van der Waals surface area contributed by atoms with Gasteiger partial charge in [-0.3, -0.25) is 0 Å². The molecule has 110 valence electrons. The minimum Gasteiger partial charge on any atom is -0.330 e. The van der Waals surface area contributed by atoms with Gasteiger partial charge in [0.1, 0.15) is 11.4 Å². The van der Waals surface area contributed by atoms with Gasteiger partial charge in [-0.25, -0.2) is 4.98 Å². The molecule has 1 aliphatic rings. The molecule has 2 aromatic rings. The molecule has 2 atom stereocenters. The van der Waals surface area contributed by atoms with Crippen molar-refractivity contribution in [3.63, 3.8) is 0 Å².